The van der Waals surface area contributed by atoms with Crippen LogP contribution < -0.4 is 15.4 Å². The zero-order valence-electron chi connectivity index (χ0n) is 28.4. The van der Waals surface area contributed by atoms with Crippen LogP contribution in [-0.4, -0.2) is 67.9 Å². The number of alkyl carbamates (subject to hydrolysis) is 1. The lowest BCUT2D eigenvalue weighted by Crippen LogP contribution is -2.52. The average Bonchev–Trinajstić information content (AvgIpc) is 3.66. The fourth-order valence-corrected chi connectivity index (χ4v) is 7.16. The second-order valence-electron chi connectivity index (χ2n) is 12.2. The summed E-state index contributed by atoms with van der Waals surface area (Å²) in [6.45, 7) is 0.124. The standard InChI is InChI=1S/C40H41N3O6S/c1-47-26-18-16-25(17-19-26)22-36-32(31-14-8-9-15-34(31)41-36)23-37(39(45)48-2)42-38(44)35(20-21-50-3)43-40(46)49-24-33-29-12-6-4-10-27(29)28-11-5-7-13-30(28)33/h4-19,33,35,37,41H,20-24H2,1-3H3,(H,42,44)(H,43,46)/t35-,37-/m0/s1. The van der Waals surface area contributed by atoms with Crippen LogP contribution in [0.3, 0.4) is 0 Å². The third-order valence-corrected chi connectivity index (χ3v) is 9.86. The number of fused-ring (bicyclic) bond motifs is 4. The minimum Gasteiger partial charge on any atom is -0.497 e. The number of aromatic amines is 1. The molecule has 1 aliphatic rings. The molecule has 1 aromatic heterocycles. The van der Waals surface area contributed by atoms with Crippen LogP contribution in [0.25, 0.3) is 22.0 Å². The molecule has 2 atom stereocenters. The lowest BCUT2D eigenvalue weighted by Gasteiger charge is -2.23. The van der Waals surface area contributed by atoms with Crippen molar-refractivity contribution in [3.05, 3.63) is 125 Å². The number of esters is 1. The molecule has 0 spiro atoms. The van der Waals surface area contributed by atoms with Crippen LogP contribution in [0.2, 0.25) is 0 Å². The van der Waals surface area contributed by atoms with Gasteiger partial charge >= 0.3 is 12.1 Å². The summed E-state index contributed by atoms with van der Waals surface area (Å²) in [4.78, 5) is 43.7. The Labute approximate surface area is 296 Å². The van der Waals surface area contributed by atoms with E-state index in [1.807, 2.05) is 79.1 Å². The number of nitrogens with one attached hydrogen (secondary N) is 3. The topological polar surface area (TPSA) is 119 Å². The number of H-pyrrole nitrogens is 1. The van der Waals surface area contributed by atoms with E-state index in [-0.39, 0.29) is 18.9 Å². The predicted octanol–water partition coefficient (Wildman–Crippen LogP) is 6.63. The minimum absolute atomic E-state index is 0.112. The average molecular weight is 692 g/mol. The molecule has 1 heterocycles. The summed E-state index contributed by atoms with van der Waals surface area (Å²) in [5.74, 6) is 0.197. The van der Waals surface area contributed by atoms with Gasteiger partial charge in [0.25, 0.3) is 0 Å². The minimum atomic E-state index is -0.998. The van der Waals surface area contributed by atoms with Gasteiger partial charge in [-0.05, 0) is 70.0 Å². The van der Waals surface area contributed by atoms with Gasteiger partial charge in [0, 0.05) is 35.4 Å². The maximum Gasteiger partial charge on any atom is 0.407 e. The Bertz CT molecular complexity index is 1930. The van der Waals surface area contributed by atoms with Crippen LogP contribution >= 0.6 is 11.8 Å². The van der Waals surface area contributed by atoms with Gasteiger partial charge in [-0.3, -0.25) is 4.79 Å². The number of carbonyl (C=O) groups is 3. The first kappa shape index (κ1) is 34.6. The van der Waals surface area contributed by atoms with E-state index in [1.54, 1.807) is 18.9 Å². The molecule has 4 aromatic carbocycles. The number of hydrogen-bond acceptors (Lipinski definition) is 7. The highest BCUT2D eigenvalue weighted by molar-refractivity contribution is 7.98. The predicted molar refractivity (Wildman–Crippen MR) is 197 cm³/mol. The van der Waals surface area contributed by atoms with E-state index in [2.05, 4.69) is 39.9 Å². The molecule has 258 valence electrons. The van der Waals surface area contributed by atoms with Gasteiger partial charge in [0.15, 0.2) is 0 Å². The summed E-state index contributed by atoms with van der Waals surface area (Å²) in [6, 6.07) is 30.0. The molecule has 0 fully saturated rings. The second kappa shape index (κ2) is 16.0. The summed E-state index contributed by atoms with van der Waals surface area (Å²) in [5.41, 5.74) is 8.27. The number of para-hydroxylation sites is 1. The van der Waals surface area contributed by atoms with Gasteiger partial charge in [-0.2, -0.15) is 11.8 Å². The van der Waals surface area contributed by atoms with Crippen molar-refractivity contribution in [2.75, 3.05) is 32.8 Å². The summed E-state index contributed by atoms with van der Waals surface area (Å²) >= 11 is 1.56. The van der Waals surface area contributed by atoms with Crippen LogP contribution in [0.15, 0.2) is 97.1 Å². The first-order valence-electron chi connectivity index (χ1n) is 16.6. The highest BCUT2D eigenvalue weighted by Gasteiger charge is 2.32. The molecule has 5 aromatic rings. The van der Waals surface area contributed by atoms with E-state index in [0.717, 1.165) is 55.7 Å². The number of methoxy groups -OCH3 is 2. The molecule has 0 radical (unpaired) electrons. The molecule has 0 aliphatic heterocycles. The maximum absolute atomic E-state index is 13.8. The number of thioether (sulfide) groups is 1. The summed E-state index contributed by atoms with van der Waals surface area (Å²) in [5, 5.41) is 6.62. The molecular weight excluding hydrogens is 651 g/mol. The summed E-state index contributed by atoms with van der Waals surface area (Å²) in [6.07, 6.45) is 2.35. The van der Waals surface area contributed by atoms with Crippen LogP contribution in [0.5, 0.6) is 5.75 Å². The zero-order chi connectivity index (χ0) is 35.0. The Hall–Kier alpha value is -5.22. The molecule has 2 amide bonds. The molecule has 6 rings (SSSR count). The monoisotopic (exact) mass is 691 g/mol. The SMILES string of the molecule is COC(=O)[C@H](Cc1c(Cc2ccc(OC)cc2)[nH]c2ccccc12)NC(=O)[C@H](CCSC)NC(=O)OCC1c2ccccc2-c2ccccc21. The molecule has 1 aliphatic carbocycles. The molecular formula is C40H41N3O6S. The highest BCUT2D eigenvalue weighted by Crippen LogP contribution is 2.44. The Morgan fingerprint density at radius 1 is 0.820 bits per heavy atom. The van der Waals surface area contributed by atoms with Crippen molar-refractivity contribution >= 4 is 40.6 Å². The van der Waals surface area contributed by atoms with E-state index < -0.39 is 30.1 Å². The molecule has 3 N–H and O–H groups in total. The summed E-state index contributed by atoms with van der Waals surface area (Å²) in [7, 11) is 2.93. The quantitative estimate of drug-likeness (QED) is 0.112. The van der Waals surface area contributed by atoms with Crippen molar-refractivity contribution in [1.82, 2.24) is 15.6 Å². The molecule has 0 bridgehead atoms. The first-order valence-corrected chi connectivity index (χ1v) is 18.0. The first-order chi connectivity index (χ1) is 24.4. The molecule has 0 saturated heterocycles. The van der Waals surface area contributed by atoms with Gasteiger partial charge in [-0.1, -0.05) is 78.9 Å². The number of carbonyl (C=O) groups excluding carboxylic acids is 3. The number of rotatable bonds is 14. The van der Waals surface area contributed by atoms with Crippen molar-refractivity contribution in [3.63, 3.8) is 0 Å². The lowest BCUT2D eigenvalue weighted by molar-refractivity contribution is -0.145. The largest absolute Gasteiger partial charge is 0.497 e. The molecule has 0 saturated carbocycles. The van der Waals surface area contributed by atoms with E-state index in [4.69, 9.17) is 14.2 Å². The molecule has 0 unspecified atom stereocenters. The van der Waals surface area contributed by atoms with Gasteiger partial charge in [0.2, 0.25) is 5.91 Å². The number of aromatic nitrogens is 1. The Balaban J connectivity index is 1.17. The number of hydrogen-bond donors (Lipinski definition) is 3. The van der Waals surface area contributed by atoms with E-state index in [0.29, 0.717) is 18.6 Å². The highest BCUT2D eigenvalue weighted by atomic mass is 32.2. The second-order valence-corrected chi connectivity index (χ2v) is 13.2. The van der Waals surface area contributed by atoms with E-state index >= 15 is 0 Å². The van der Waals surface area contributed by atoms with Gasteiger partial charge in [0.05, 0.1) is 14.2 Å². The van der Waals surface area contributed by atoms with Gasteiger partial charge in [-0.25, -0.2) is 9.59 Å². The van der Waals surface area contributed by atoms with E-state index in [1.165, 1.54) is 7.11 Å². The summed E-state index contributed by atoms with van der Waals surface area (Å²) < 4.78 is 16.2. The van der Waals surface area contributed by atoms with Crippen molar-refractivity contribution in [2.24, 2.45) is 0 Å². The number of amides is 2. The molecule has 10 heteroatoms. The van der Waals surface area contributed by atoms with Crippen LogP contribution in [0.1, 0.15) is 40.3 Å². The number of ether oxygens (including phenoxy) is 3. The molecule has 9 nitrogen and oxygen atoms in total. The van der Waals surface area contributed by atoms with Gasteiger partial charge < -0.3 is 29.8 Å². The fourth-order valence-electron chi connectivity index (χ4n) is 6.69. The van der Waals surface area contributed by atoms with E-state index in [9.17, 15) is 14.4 Å². The van der Waals surface area contributed by atoms with Gasteiger partial charge in [-0.15, -0.1) is 0 Å². The van der Waals surface area contributed by atoms with Crippen LogP contribution in [-0.2, 0) is 31.9 Å². The Morgan fingerprint density at radius 3 is 2.14 bits per heavy atom. The van der Waals surface area contributed by atoms with Crippen molar-refractivity contribution in [3.8, 4) is 16.9 Å². The van der Waals surface area contributed by atoms with Crippen LogP contribution in [0.4, 0.5) is 4.79 Å². The van der Waals surface area contributed by atoms with Crippen LogP contribution in [0, 0.1) is 0 Å². The fraction of sp³-hybridized carbons (Fsp3) is 0.275. The maximum atomic E-state index is 13.8. The smallest absolute Gasteiger partial charge is 0.407 e. The lowest BCUT2D eigenvalue weighted by atomic mass is 9.98. The van der Waals surface area contributed by atoms with Crippen molar-refractivity contribution in [1.29, 1.82) is 0 Å². The molecule has 50 heavy (non-hydrogen) atoms. The third kappa shape index (κ3) is 7.65. The Morgan fingerprint density at radius 2 is 1.48 bits per heavy atom. The Kier molecular flexibility index (Phi) is 11.1. The van der Waals surface area contributed by atoms with Gasteiger partial charge in [0.1, 0.15) is 24.4 Å². The normalized spacial score (nSPS) is 13.2. The third-order valence-electron chi connectivity index (χ3n) is 9.22. The number of benzene rings is 4. The van der Waals surface area contributed by atoms with Crippen molar-refractivity contribution < 1.29 is 28.6 Å². The zero-order valence-corrected chi connectivity index (χ0v) is 29.2. The van der Waals surface area contributed by atoms with Crippen molar-refractivity contribution in [2.45, 2.75) is 37.3 Å².